The molecule has 2 heterocycles. The van der Waals surface area contributed by atoms with Crippen molar-refractivity contribution in [2.75, 3.05) is 31.2 Å². The van der Waals surface area contributed by atoms with E-state index in [1.165, 1.54) is 0 Å². The van der Waals surface area contributed by atoms with Crippen molar-refractivity contribution in [2.45, 2.75) is 9.79 Å². The normalized spacial score (nSPS) is 14.4. The molecule has 1 aliphatic rings. The summed E-state index contributed by atoms with van der Waals surface area (Å²) in [6.45, 7) is 2.75. The van der Waals surface area contributed by atoms with Crippen LogP contribution in [0.1, 0.15) is 0 Å². The molecule has 1 saturated heterocycles. The van der Waals surface area contributed by atoms with Crippen molar-refractivity contribution >= 4 is 17.6 Å². The first-order valence-electron chi connectivity index (χ1n) is 8.60. The molecule has 4 rings (SSSR count). The summed E-state index contributed by atoms with van der Waals surface area (Å²) in [5, 5.41) is 0. The highest BCUT2D eigenvalue weighted by Gasteiger charge is 2.16. The molecule has 4 nitrogen and oxygen atoms in total. The molecule has 1 fully saturated rings. The van der Waals surface area contributed by atoms with E-state index in [-0.39, 0.29) is 5.43 Å². The lowest BCUT2D eigenvalue weighted by molar-refractivity contribution is 0.120. The van der Waals surface area contributed by atoms with Gasteiger partial charge in [0, 0.05) is 40.6 Å². The minimum Gasteiger partial charge on any atom is -0.440 e. The zero-order valence-corrected chi connectivity index (χ0v) is 15.1. The highest BCUT2D eigenvalue weighted by atomic mass is 32.2. The summed E-state index contributed by atoms with van der Waals surface area (Å²) in [5.74, 6) is 1.20. The van der Waals surface area contributed by atoms with Gasteiger partial charge in [0.1, 0.15) is 5.76 Å². The molecule has 0 atom stereocenters. The molecular weight excluding hydrogens is 346 g/mol. The first-order valence-corrected chi connectivity index (χ1v) is 9.41. The Morgan fingerprint density at radius 3 is 2.42 bits per heavy atom. The van der Waals surface area contributed by atoms with E-state index in [0.29, 0.717) is 24.9 Å². The van der Waals surface area contributed by atoms with Crippen LogP contribution in [-0.2, 0) is 4.74 Å². The second-order valence-corrected chi connectivity index (χ2v) is 7.12. The summed E-state index contributed by atoms with van der Waals surface area (Å²) in [4.78, 5) is 16.5. The molecular formula is C21H19NO3S. The first-order chi connectivity index (χ1) is 12.8. The van der Waals surface area contributed by atoms with Gasteiger partial charge >= 0.3 is 0 Å². The molecule has 1 aliphatic heterocycles. The molecule has 132 valence electrons. The Hall–Kier alpha value is -2.50. The second kappa shape index (κ2) is 7.81. The third kappa shape index (κ3) is 3.84. The fourth-order valence-electron chi connectivity index (χ4n) is 2.91. The summed E-state index contributed by atoms with van der Waals surface area (Å²) in [6.07, 6.45) is 0. The van der Waals surface area contributed by atoms with E-state index < -0.39 is 0 Å². The van der Waals surface area contributed by atoms with Crippen molar-refractivity contribution in [1.29, 1.82) is 0 Å². The number of hydrogen-bond donors (Lipinski definition) is 0. The van der Waals surface area contributed by atoms with Crippen molar-refractivity contribution in [3.8, 4) is 11.3 Å². The average molecular weight is 365 g/mol. The highest BCUT2D eigenvalue weighted by molar-refractivity contribution is 7.99. The number of hydrogen-bond acceptors (Lipinski definition) is 5. The molecule has 0 radical (unpaired) electrons. The van der Waals surface area contributed by atoms with Gasteiger partial charge in [-0.25, -0.2) is 0 Å². The van der Waals surface area contributed by atoms with Gasteiger partial charge in [-0.3, -0.25) is 4.79 Å². The molecule has 3 aromatic rings. The van der Waals surface area contributed by atoms with Crippen LogP contribution in [-0.4, -0.2) is 26.3 Å². The van der Waals surface area contributed by atoms with Gasteiger partial charge in [-0.15, -0.1) is 0 Å². The van der Waals surface area contributed by atoms with E-state index in [4.69, 9.17) is 9.15 Å². The maximum atomic E-state index is 12.3. The molecule has 0 spiro atoms. The predicted octanol–water partition coefficient (Wildman–Crippen LogP) is 4.29. The lowest BCUT2D eigenvalue weighted by Crippen LogP contribution is -2.36. The van der Waals surface area contributed by atoms with Gasteiger partial charge in [-0.2, -0.15) is 0 Å². The Balaban J connectivity index is 1.71. The number of anilines is 1. The Bertz CT molecular complexity index is 933. The van der Waals surface area contributed by atoms with Gasteiger partial charge in [0.2, 0.25) is 0 Å². The number of benzene rings is 2. The number of rotatable bonds is 4. The van der Waals surface area contributed by atoms with Crippen LogP contribution >= 0.6 is 11.8 Å². The predicted molar refractivity (Wildman–Crippen MR) is 104 cm³/mol. The summed E-state index contributed by atoms with van der Waals surface area (Å²) >= 11 is 1.66. The summed E-state index contributed by atoms with van der Waals surface area (Å²) < 4.78 is 11.5. The van der Waals surface area contributed by atoms with E-state index in [1.54, 1.807) is 23.9 Å². The fourth-order valence-corrected chi connectivity index (χ4v) is 3.88. The van der Waals surface area contributed by atoms with Crippen molar-refractivity contribution in [3.05, 3.63) is 77.0 Å². The highest BCUT2D eigenvalue weighted by Crippen LogP contribution is 2.36. The van der Waals surface area contributed by atoms with Crippen molar-refractivity contribution < 1.29 is 9.15 Å². The Morgan fingerprint density at radius 2 is 1.62 bits per heavy atom. The van der Waals surface area contributed by atoms with Crippen LogP contribution in [0, 0.1) is 0 Å². The summed E-state index contributed by atoms with van der Waals surface area (Å²) in [7, 11) is 0. The maximum absolute atomic E-state index is 12.3. The van der Waals surface area contributed by atoms with Crippen molar-refractivity contribution in [1.82, 2.24) is 0 Å². The topological polar surface area (TPSA) is 42.7 Å². The molecule has 0 amide bonds. The standard InChI is InChI=1S/C21H19NO3S/c23-16-14-19(25-21(15-16)22-10-12-24-13-11-22)18-8-4-5-9-20(18)26-17-6-2-1-3-7-17/h1-9,14-15H,10-13H2. The summed E-state index contributed by atoms with van der Waals surface area (Å²) in [6, 6.07) is 21.3. The van der Waals surface area contributed by atoms with Crippen molar-refractivity contribution in [3.63, 3.8) is 0 Å². The second-order valence-electron chi connectivity index (χ2n) is 6.01. The quantitative estimate of drug-likeness (QED) is 0.690. The van der Waals surface area contributed by atoms with E-state index in [2.05, 4.69) is 23.1 Å². The van der Waals surface area contributed by atoms with E-state index in [0.717, 1.165) is 28.4 Å². The third-order valence-corrected chi connectivity index (χ3v) is 5.28. The number of ether oxygens (including phenoxy) is 1. The van der Waals surface area contributed by atoms with Gasteiger partial charge < -0.3 is 14.1 Å². The van der Waals surface area contributed by atoms with Crippen LogP contribution in [0.2, 0.25) is 0 Å². The van der Waals surface area contributed by atoms with Crippen LogP contribution in [0.3, 0.4) is 0 Å². The smallest absolute Gasteiger partial charge is 0.200 e. The molecule has 0 N–H and O–H groups in total. The molecule has 0 bridgehead atoms. The Labute approximate surface area is 156 Å². The minimum absolute atomic E-state index is 0.0488. The van der Waals surface area contributed by atoms with Gasteiger partial charge in [-0.1, -0.05) is 48.2 Å². The van der Waals surface area contributed by atoms with Gasteiger partial charge in [0.05, 0.1) is 13.2 Å². The summed E-state index contributed by atoms with van der Waals surface area (Å²) in [5.41, 5.74) is 0.876. The SMILES string of the molecule is O=c1cc(-c2ccccc2Sc2ccccc2)oc(N2CCOCC2)c1. The number of morpholine rings is 1. The van der Waals surface area contributed by atoms with Crippen molar-refractivity contribution in [2.24, 2.45) is 0 Å². The number of nitrogens with zero attached hydrogens (tertiary/aromatic N) is 1. The van der Waals surface area contributed by atoms with Crippen LogP contribution in [0.4, 0.5) is 5.88 Å². The van der Waals surface area contributed by atoms with E-state index in [9.17, 15) is 4.79 Å². The zero-order chi connectivity index (χ0) is 17.8. The van der Waals surface area contributed by atoms with Crippen LogP contribution in [0.25, 0.3) is 11.3 Å². The molecule has 2 aromatic carbocycles. The fraction of sp³-hybridized carbons (Fsp3) is 0.190. The van der Waals surface area contributed by atoms with Crippen LogP contribution in [0.15, 0.2) is 85.7 Å². The third-order valence-electron chi connectivity index (χ3n) is 4.20. The zero-order valence-electron chi connectivity index (χ0n) is 14.3. The molecule has 5 heteroatoms. The average Bonchev–Trinajstić information content (AvgIpc) is 2.69. The first kappa shape index (κ1) is 16.9. The monoisotopic (exact) mass is 365 g/mol. The molecule has 1 aromatic heterocycles. The van der Waals surface area contributed by atoms with E-state index in [1.807, 2.05) is 36.4 Å². The van der Waals surface area contributed by atoms with E-state index >= 15 is 0 Å². The maximum Gasteiger partial charge on any atom is 0.200 e. The largest absolute Gasteiger partial charge is 0.440 e. The minimum atomic E-state index is -0.0488. The van der Waals surface area contributed by atoms with Crippen LogP contribution < -0.4 is 10.3 Å². The Morgan fingerprint density at radius 1 is 0.885 bits per heavy atom. The Kier molecular flexibility index (Phi) is 5.09. The molecule has 0 saturated carbocycles. The van der Waals surface area contributed by atoms with Gasteiger partial charge in [-0.05, 0) is 18.2 Å². The van der Waals surface area contributed by atoms with Gasteiger partial charge in [0.25, 0.3) is 0 Å². The molecule has 0 unspecified atom stereocenters. The van der Waals surface area contributed by atoms with Gasteiger partial charge in [0.15, 0.2) is 11.3 Å². The molecule has 26 heavy (non-hydrogen) atoms. The molecule has 0 aliphatic carbocycles. The lowest BCUT2D eigenvalue weighted by Gasteiger charge is -2.27. The van der Waals surface area contributed by atoms with Crippen LogP contribution in [0.5, 0.6) is 0 Å². The lowest BCUT2D eigenvalue weighted by atomic mass is 10.1.